The molecule has 1 rings (SSSR count). The summed E-state index contributed by atoms with van der Waals surface area (Å²) >= 11 is 0. The van der Waals surface area contributed by atoms with Gasteiger partial charge >= 0.3 is 5.97 Å². The van der Waals surface area contributed by atoms with E-state index in [0.717, 1.165) is 11.3 Å². The Morgan fingerprint density at radius 3 is 2.60 bits per heavy atom. The van der Waals surface area contributed by atoms with E-state index in [1.807, 2.05) is 26.0 Å². The van der Waals surface area contributed by atoms with E-state index < -0.39 is 6.04 Å². The molecule has 1 unspecified atom stereocenters. The second-order valence-corrected chi connectivity index (χ2v) is 5.12. The smallest absolute Gasteiger partial charge is 0.326 e. The Balaban J connectivity index is 2.76. The van der Waals surface area contributed by atoms with Crippen molar-refractivity contribution in [1.82, 2.24) is 5.32 Å². The molecule has 0 spiro atoms. The third kappa shape index (κ3) is 4.53. The maximum Gasteiger partial charge on any atom is 0.326 e. The average Bonchev–Trinajstić information content (AvgIpc) is 2.43. The number of nitrogens with one attached hydrogen (secondary N) is 1. The summed E-state index contributed by atoms with van der Waals surface area (Å²) < 4.78 is 10.6. The summed E-state index contributed by atoms with van der Waals surface area (Å²) in [6.07, 6.45) is 0. The second-order valence-electron chi connectivity index (χ2n) is 5.12. The van der Waals surface area contributed by atoms with Crippen LogP contribution in [0.25, 0.3) is 0 Å². The Morgan fingerprint density at radius 2 is 2.05 bits per heavy atom. The first-order valence-electron chi connectivity index (χ1n) is 7.04. The molecular formula is C16H25NO3. The van der Waals surface area contributed by atoms with Gasteiger partial charge in [0.15, 0.2) is 0 Å². The lowest BCUT2D eigenvalue weighted by Gasteiger charge is -2.18. The quantitative estimate of drug-likeness (QED) is 0.780. The zero-order valence-corrected chi connectivity index (χ0v) is 13.0. The van der Waals surface area contributed by atoms with Crippen LogP contribution in [0.5, 0.6) is 5.75 Å². The summed E-state index contributed by atoms with van der Waals surface area (Å²) in [4.78, 5) is 11.6. The van der Waals surface area contributed by atoms with Gasteiger partial charge in [0.25, 0.3) is 0 Å². The molecule has 0 aliphatic rings. The Hall–Kier alpha value is -1.55. The third-order valence-corrected chi connectivity index (χ3v) is 3.22. The topological polar surface area (TPSA) is 47.6 Å². The van der Waals surface area contributed by atoms with Gasteiger partial charge in [-0.25, -0.2) is 0 Å². The first-order valence-corrected chi connectivity index (χ1v) is 7.04. The first kappa shape index (κ1) is 16.5. The van der Waals surface area contributed by atoms with Gasteiger partial charge in [0.1, 0.15) is 18.4 Å². The number of hydrogen-bond donors (Lipinski definition) is 1. The number of aryl methyl sites for hydroxylation is 1. The normalized spacial score (nSPS) is 12.3. The lowest BCUT2D eigenvalue weighted by atomic mass is 10.0. The molecule has 4 heteroatoms. The predicted molar refractivity (Wildman–Crippen MR) is 80.2 cm³/mol. The molecule has 0 heterocycles. The minimum absolute atomic E-state index is 0.267. The molecule has 4 nitrogen and oxygen atoms in total. The maximum absolute atomic E-state index is 11.6. The molecule has 1 aromatic carbocycles. The van der Waals surface area contributed by atoms with E-state index in [2.05, 4.69) is 25.2 Å². The van der Waals surface area contributed by atoms with Gasteiger partial charge in [-0.05, 0) is 36.6 Å². The van der Waals surface area contributed by atoms with Crippen LogP contribution in [0, 0.1) is 6.92 Å². The standard InChI is InChI=1S/C16H25NO3/c1-6-17-14(16(18)19-5)10-20-15-9-13(11(2)3)8-7-12(15)4/h7-9,11,14,17H,6,10H2,1-5H3. The maximum atomic E-state index is 11.6. The van der Waals surface area contributed by atoms with E-state index >= 15 is 0 Å². The highest BCUT2D eigenvalue weighted by molar-refractivity contribution is 5.75. The van der Waals surface area contributed by atoms with E-state index in [9.17, 15) is 4.79 Å². The minimum atomic E-state index is -0.438. The molecule has 0 radical (unpaired) electrons. The molecule has 0 saturated heterocycles. The van der Waals surface area contributed by atoms with Crippen molar-refractivity contribution >= 4 is 5.97 Å². The second kappa shape index (κ2) is 7.90. The Kier molecular flexibility index (Phi) is 6.52. The van der Waals surface area contributed by atoms with Gasteiger partial charge < -0.3 is 14.8 Å². The minimum Gasteiger partial charge on any atom is -0.491 e. The molecule has 0 fully saturated rings. The van der Waals surface area contributed by atoms with Crippen molar-refractivity contribution in [1.29, 1.82) is 0 Å². The lowest BCUT2D eigenvalue weighted by Crippen LogP contribution is -2.42. The monoisotopic (exact) mass is 279 g/mol. The fraction of sp³-hybridized carbons (Fsp3) is 0.562. The largest absolute Gasteiger partial charge is 0.491 e. The Bertz CT molecular complexity index is 443. The van der Waals surface area contributed by atoms with Crippen LogP contribution in [0.3, 0.4) is 0 Å². The molecule has 20 heavy (non-hydrogen) atoms. The number of rotatable bonds is 7. The predicted octanol–water partition coefficient (Wildman–Crippen LogP) is 2.65. The molecule has 112 valence electrons. The molecule has 1 aromatic rings. The number of hydrogen-bond acceptors (Lipinski definition) is 4. The molecular weight excluding hydrogens is 254 g/mol. The fourth-order valence-corrected chi connectivity index (χ4v) is 1.90. The number of carbonyl (C=O) groups excluding carboxylic acids is 1. The van der Waals surface area contributed by atoms with Gasteiger partial charge in [-0.3, -0.25) is 4.79 Å². The van der Waals surface area contributed by atoms with Crippen LogP contribution in [0.15, 0.2) is 18.2 Å². The number of benzene rings is 1. The van der Waals surface area contributed by atoms with Crippen molar-refractivity contribution in [2.45, 2.75) is 39.7 Å². The van der Waals surface area contributed by atoms with Crippen molar-refractivity contribution < 1.29 is 14.3 Å². The summed E-state index contributed by atoms with van der Waals surface area (Å²) in [5.74, 6) is 0.968. The van der Waals surface area contributed by atoms with Gasteiger partial charge in [-0.2, -0.15) is 0 Å². The molecule has 1 atom stereocenters. The highest BCUT2D eigenvalue weighted by atomic mass is 16.5. The van der Waals surface area contributed by atoms with Crippen LogP contribution >= 0.6 is 0 Å². The molecule has 0 aromatic heterocycles. The van der Waals surface area contributed by atoms with Crippen molar-refractivity contribution in [3.63, 3.8) is 0 Å². The number of likely N-dealkylation sites (N-methyl/N-ethyl adjacent to an activating group) is 1. The Labute approximate surface area is 121 Å². The number of methoxy groups -OCH3 is 1. The van der Waals surface area contributed by atoms with Gasteiger partial charge in [-0.1, -0.05) is 32.9 Å². The molecule has 0 amide bonds. The van der Waals surface area contributed by atoms with Crippen molar-refractivity contribution in [3.05, 3.63) is 29.3 Å². The number of carbonyl (C=O) groups is 1. The molecule has 0 saturated carbocycles. The van der Waals surface area contributed by atoms with Crippen LogP contribution in [-0.4, -0.2) is 32.3 Å². The SMILES string of the molecule is CCNC(COc1cc(C(C)C)ccc1C)C(=O)OC. The fourth-order valence-electron chi connectivity index (χ4n) is 1.90. The average molecular weight is 279 g/mol. The van der Waals surface area contributed by atoms with Gasteiger partial charge in [0.2, 0.25) is 0 Å². The first-order chi connectivity index (χ1) is 9.49. The van der Waals surface area contributed by atoms with E-state index in [-0.39, 0.29) is 12.6 Å². The molecule has 0 aliphatic carbocycles. The Morgan fingerprint density at radius 1 is 1.35 bits per heavy atom. The van der Waals surface area contributed by atoms with Gasteiger partial charge in [0, 0.05) is 0 Å². The van der Waals surface area contributed by atoms with Crippen molar-refractivity contribution in [3.8, 4) is 5.75 Å². The molecule has 0 bridgehead atoms. The van der Waals surface area contributed by atoms with E-state index in [0.29, 0.717) is 12.5 Å². The summed E-state index contributed by atoms with van der Waals surface area (Å²) in [7, 11) is 1.39. The highest BCUT2D eigenvalue weighted by Crippen LogP contribution is 2.24. The highest BCUT2D eigenvalue weighted by Gasteiger charge is 2.19. The molecule has 0 aliphatic heterocycles. The summed E-state index contributed by atoms with van der Waals surface area (Å²) in [6, 6.07) is 5.76. The van der Waals surface area contributed by atoms with E-state index in [4.69, 9.17) is 9.47 Å². The van der Waals surface area contributed by atoms with Crippen LogP contribution in [0.1, 0.15) is 37.8 Å². The van der Waals surface area contributed by atoms with Crippen LogP contribution < -0.4 is 10.1 Å². The summed E-state index contributed by atoms with van der Waals surface area (Å²) in [5, 5.41) is 3.06. The molecule has 1 N–H and O–H groups in total. The lowest BCUT2D eigenvalue weighted by molar-refractivity contribution is -0.143. The zero-order valence-electron chi connectivity index (χ0n) is 13.0. The zero-order chi connectivity index (χ0) is 15.1. The number of ether oxygens (including phenoxy) is 2. The number of esters is 1. The van der Waals surface area contributed by atoms with Crippen LogP contribution in [-0.2, 0) is 9.53 Å². The summed E-state index contributed by atoms with van der Waals surface area (Å²) in [6.45, 7) is 9.19. The van der Waals surface area contributed by atoms with Crippen LogP contribution in [0.2, 0.25) is 0 Å². The van der Waals surface area contributed by atoms with Gasteiger partial charge in [0.05, 0.1) is 7.11 Å². The summed E-state index contributed by atoms with van der Waals surface area (Å²) in [5.41, 5.74) is 2.29. The van der Waals surface area contributed by atoms with Crippen molar-refractivity contribution in [2.75, 3.05) is 20.3 Å². The third-order valence-electron chi connectivity index (χ3n) is 3.22. The van der Waals surface area contributed by atoms with Crippen molar-refractivity contribution in [2.24, 2.45) is 0 Å². The van der Waals surface area contributed by atoms with Gasteiger partial charge in [-0.15, -0.1) is 0 Å². The van der Waals surface area contributed by atoms with E-state index in [1.54, 1.807) is 0 Å². The van der Waals surface area contributed by atoms with Crippen LogP contribution in [0.4, 0.5) is 0 Å². The van der Waals surface area contributed by atoms with E-state index in [1.165, 1.54) is 12.7 Å².